The second-order valence-corrected chi connectivity index (χ2v) is 13.2. The summed E-state index contributed by atoms with van der Waals surface area (Å²) in [7, 11) is 6.29. The minimum absolute atomic E-state index is 0.290. The second-order valence-electron chi connectivity index (χ2n) is 13.2. The Morgan fingerprint density at radius 3 is 1.44 bits per heavy atom. The number of methoxy groups -OCH3 is 4. The summed E-state index contributed by atoms with van der Waals surface area (Å²) in [6, 6.07) is 12.1. The highest BCUT2D eigenvalue weighted by Gasteiger charge is 2.25. The largest absolute Gasteiger partial charge is 0.496 e. The summed E-state index contributed by atoms with van der Waals surface area (Å²) in [5, 5.41) is 0. The molecule has 0 aliphatic heterocycles. The van der Waals surface area contributed by atoms with Crippen LogP contribution in [-0.2, 0) is 35.2 Å². The molecule has 264 valence electrons. The number of nitrogens with zero attached hydrogens (tertiary/aromatic N) is 2. The van der Waals surface area contributed by atoms with Crippen LogP contribution in [-0.4, -0.2) is 50.3 Å². The summed E-state index contributed by atoms with van der Waals surface area (Å²) in [6.07, 6.45) is 17.5. The van der Waals surface area contributed by atoms with Gasteiger partial charge in [0.05, 0.1) is 39.6 Å². The highest BCUT2D eigenvalue weighted by Crippen LogP contribution is 2.40. The Hall–Kier alpha value is -4.72. The fourth-order valence-electron chi connectivity index (χ4n) is 7.88. The molecular weight excluding hydrogens is 628 g/mol. The van der Waals surface area contributed by atoms with Crippen LogP contribution in [0.3, 0.4) is 0 Å². The highest BCUT2D eigenvalue weighted by molar-refractivity contribution is 5.91. The lowest BCUT2D eigenvalue weighted by Crippen LogP contribution is -2.14. The van der Waals surface area contributed by atoms with Gasteiger partial charge in [-0.15, -0.1) is 0 Å². The number of rotatable bonds is 10. The molecule has 0 N–H and O–H groups in total. The Kier molecular flexibility index (Phi) is 12.6. The zero-order valence-corrected chi connectivity index (χ0v) is 30.3. The van der Waals surface area contributed by atoms with Crippen LogP contribution in [0.5, 0.6) is 11.5 Å². The molecule has 0 radical (unpaired) electrons. The van der Waals surface area contributed by atoms with Gasteiger partial charge in [-0.3, -0.25) is 9.97 Å². The van der Waals surface area contributed by atoms with E-state index in [-0.39, 0.29) is 11.9 Å². The topological polar surface area (TPSA) is 96.8 Å². The quantitative estimate of drug-likeness (QED) is 0.154. The molecule has 2 heterocycles. The Balaban J connectivity index is 0.000000194. The van der Waals surface area contributed by atoms with Crippen molar-refractivity contribution in [2.45, 2.75) is 89.9 Å². The van der Waals surface area contributed by atoms with E-state index in [1.165, 1.54) is 73.3 Å². The van der Waals surface area contributed by atoms with Gasteiger partial charge in [0.25, 0.3) is 0 Å². The molecular formula is C42H50N2O6. The number of aryl methyl sites for hydroxylation is 2. The maximum Gasteiger partial charge on any atom is 0.338 e. The van der Waals surface area contributed by atoms with Crippen molar-refractivity contribution < 1.29 is 28.5 Å². The Morgan fingerprint density at radius 2 is 1.06 bits per heavy atom. The van der Waals surface area contributed by atoms with Gasteiger partial charge in [-0.1, -0.05) is 12.1 Å². The molecule has 0 spiro atoms. The SMILES string of the molecule is COC(=O)c1ccncc1CC[C@@H]1CCCc2c1ccc(OC)c2C.COC(=O)c1ccncc1CC[C@H]1CCCc2c1ccc(OC)c2C. The van der Waals surface area contributed by atoms with E-state index in [2.05, 4.69) is 48.1 Å². The van der Waals surface area contributed by atoms with Gasteiger partial charge in [0.15, 0.2) is 0 Å². The summed E-state index contributed by atoms with van der Waals surface area (Å²) >= 11 is 0. The van der Waals surface area contributed by atoms with Crippen molar-refractivity contribution in [1.82, 2.24) is 9.97 Å². The summed E-state index contributed by atoms with van der Waals surface area (Å²) in [5.74, 6) is 2.39. The lowest BCUT2D eigenvalue weighted by atomic mass is 9.78. The van der Waals surface area contributed by atoms with Crippen LogP contribution in [0.4, 0.5) is 0 Å². The number of esters is 2. The smallest absolute Gasteiger partial charge is 0.338 e. The molecule has 0 fully saturated rings. The van der Waals surface area contributed by atoms with Crippen LogP contribution in [0.25, 0.3) is 0 Å². The third-order valence-corrected chi connectivity index (χ3v) is 10.6. The standard InChI is InChI=1S/2C21H25NO3/c2*1-14-17-6-4-5-15(18(17)9-10-20(14)24-2)7-8-16-13-22-12-11-19(16)21(23)25-3/h2*9-13,15H,4-8H2,1-3H3/t2*15-/m10/s1. The number of benzene rings is 2. The van der Waals surface area contributed by atoms with Gasteiger partial charge in [0.1, 0.15) is 11.5 Å². The lowest BCUT2D eigenvalue weighted by Gasteiger charge is -2.28. The van der Waals surface area contributed by atoms with E-state index in [1.807, 2.05) is 0 Å². The van der Waals surface area contributed by atoms with Crippen LogP contribution in [0.1, 0.15) is 116 Å². The molecule has 0 bridgehead atoms. The minimum Gasteiger partial charge on any atom is -0.496 e. The molecule has 2 atom stereocenters. The number of pyridine rings is 2. The second kappa shape index (κ2) is 17.3. The van der Waals surface area contributed by atoms with E-state index in [0.717, 1.165) is 61.2 Å². The van der Waals surface area contributed by atoms with Crippen LogP contribution < -0.4 is 9.47 Å². The molecule has 0 saturated carbocycles. The number of aromatic nitrogens is 2. The first-order valence-electron chi connectivity index (χ1n) is 17.7. The predicted molar refractivity (Wildman–Crippen MR) is 195 cm³/mol. The molecule has 2 aromatic carbocycles. The van der Waals surface area contributed by atoms with E-state index >= 15 is 0 Å². The molecule has 4 aromatic rings. The van der Waals surface area contributed by atoms with E-state index in [9.17, 15) is 9.59 Å². The predicted octanol–water partition coefficient (Wildman–Crippen LogP) is 8.48. The average molecular weight is 679 g/mol. The number of hydrogen-bond acceptors (Lipinski definition) is 8. The summed E-state index contributed by atoms with van der Waals surface area (Å²) in [4.78, 5) is 32.2. The van der Waals surface area contributed by atoms with Gasteiger partial charge < -0.3 is 18.9 Å². The van der Waals surface area contributed by atoms with Gasteiger partial charge >= 0.3 is 11.9 Å². The third kappa shape index (κ3) is 8.18. The molecule has 2 aliphatic rings. The van der Waals surface area contributed by atoms with Crippen molar-refractivity contribution in [3.05, 3.63) is 117 Å². The molecule has 6 rings (SSSR count). The summed E-state index contributed by atoms with van der Waals surface area (Å²) < 4.78 is 20.7. The van der Waals surface area contributed by atoms with Gasteiger partial charge in [0, 0.05) is 24.8 Å². The van der Waals surface area contributed by atoms with Crippen LogP contribution in [0.2, 0.25) is 0 Å². The molecule has 8 nitrogen and oxygen atoms in total. The third-order valence-electron chi connectivity index (χ3n) is 10.6. The van der Waals surface area contributed by atoms with Crippen LogP contribution >= 0.6 is 0 Å². The Morgan fingerprint density at radius 1 is 0.640 bits per heavy atom. The van der Waals surface area contributed by atoms with Crippen molar-refractivity contribution in [3.63, 3.8) is 0 Å². The monoisotopic (exact) mass is 678 g/mol. The number of hydrogen-bond donors (Lipinski definition) is 0. The zero-order chi connectivity index (χ0) is 35.6. The first-order valence-corrected chi connectivity index (χ1v) is 17.7. The van der Waals surface area contributed by atoms with Crippen molar-refractivity contribution in [3.8, 4) is 11.5 Å². The molecule has 0 amide bonds. The lowest BCUT2D eigenvalue weighted by molar-refractivity contribution is 0.0590. The van der Waals surface area contributed by atoms with Crippen molar-refractivity contribution in [2.75, 3.05) is 28.4 Å². The maximum absolute atomic E-state index is 11.9. The normalized spacial score (nSPS) is 16.2. The zero-order valence-electron chi connectivity index (χ0n) is 30.3. The van der Waals surface area contributed by atoms with Gasteiger partial charge in [-0.25, -0.2) is 9.59 Å². The fourth-order valence-corrected chi connectivity index (χ4v) is 7.88. The number of carbonyl (C=O) groups excluding carboxylic acids is 2. The summed E-state index contributed by atoms with van der Waals surface area (Å²) in [5.41, 5.74) is 11.5. The molecule has 2 aromatic heterocycles. The van der Waals surface area contributed by atoms with Gasteiger partial charge in [-0.2, -0.15) is 0 Å². The van der Waals surface area contributed by atoms with Crippen molar-refractivity contribution >= 4 is 11.9 Å². The Labute approximate surface area is 296 Å². The van der Waals surface area contributed by atoms with E-state index in [0.29, 0.717) is 23.0 Å². The molecule has 2 aliphatic carbocycles. The van der Waals surface area contributed by atoms with E-state index in [4.69, 9.17) is 18.9 Å². The Bertz CT molecular complexity index is 1670. The maximum atomic E-state index is 11.9. The first-order chi connectivity index (χ1) is 24.3. The van der Waals surface area contributed by atoms with E-state index < -0.39 is 0 Å². The van der Waals surface area contributed by atoms with Gasteiger partial charge in [-0.05, 0) is 159 Å². The van der Waals surface area contributed by atoms with E-state index in [1.54, 1.807) is 51.1 Å². The van der Waals surface area contributed by atoms with Crippen LogP contribution in [0, 0.1) is 13.8 Å². The first kappa shape index (κ1) is 36.6. The number of fused-ring (bicyclic) bond motifs is 2. The minimum atomic E-state index is -0.290. The highest BCUT2D eigenvalue weighted by atomic mass is 16.5. The average Bonchev–Trinajstić information content (AvgIpc) is 3.16. The van der Waals surface area contributed by atoms with Crippen molar-refractivity contribution in [2.24, 2.45) is 0 Å². The van der Waals surface area contributed by atoms with Crippen LogP contribution in [0.15, 0.2) is 61.2 Å². The molecule has 0 unspecified atom stereocenters. The fraction of sp³-hybridized carbons (Fsp3) is 0.429. The molecule has 0 saturated heterocycles. The molecule has 8 heteroatoms. The number of carbonyl (C=O) groups is 2. The van der Waals surface area contributed by atoms with Crippen molar-refractivity contribution in [1.29, 1.82) is 0 Å². The number of ether oxygens (including phenoxy) is 4. The molecule has 50 heavy (non-hydrogen) atoms. The summed E-state index contributed by atoms with van der Waals surface area (Å²) in [6.45, 7) is 4.30. The van der Waals surface area contributed by atoms with Gasteiger partial charge in [0.2, 0.25) is 0 Å².